The summed E-state index contributed by atoms with van der Waals surface area (Å²) >= 11 is 0. The fourth-order valence-electron chi connectivity index (χ4n) is 4.36. The number of hydrogen-bond donors (Lipinski definition) is 2. The number of aliphatic hydroxyl groups is 1. The molecule has 0 bridgehead atoms. The first-order valence-corrected chi connectivity index (χ1v) is 12.3. The van der Waals surface area contributed by atoms with Crippen molar-refractivity contribution in [2.75, 3.05) is 39.4 Å². The van der Waals surface area contributed by atoms with Crippen LogP contribution in [0.1, 0.15) is 41.6 Å². The Balaban J connectivity index is 1.56. The predicted octanol–water partition coefficient (Wildman–Crippen LogP) is 3.52. The average Bonchev–Trinajstić information content (AvgIpc) is 2.91. The summed E-state index contributed by atoms with van der Waals surface area (Å²) in [6.45, 7) is 5.12. The van der Waals surface area contributed by atoms with E-state index < -0.39 is 12.3 Å². The lowest BCUT2D eigenvalue weighted by molar-refractivity contribution is -0.110. The number of hydrogen-bond acceptors (Lipinski definition) is 8. The lowest BCUT2D eigenvalue weighted by Crippen LogP contribution is -2.49. The summed E-state index contributed by atoms with van der Waals surface area (Å²) in [6, 6.07) is 8.41. The Morgan fingerprint density at radius 1 is 1.00 bits per heavy atom. The number of ether oxygens (including phenoxy) is 4. The summed E-state index contributed by atoms with van der Waals surface area (Å²) in [5.41, 5.74) is 3.20. The fourth-order valence-corrected chi connectivity index (χ4v) is 4.36. The zero-order valence-corrected chi connectivity index (χ0v) is 21.7. The van der Waals surface area contributed by atoms with Crippen molar-refractivity contribution < 1.29 is 33.6 Å². The van der Waals surface area contributed by atoms with Gasteiger partial charge in [0.1, 0.15) is 12.5 Å². The molecule has 2 aromatic rings. The van der Waals surface area contributed by atoms with Crippen molar-refractivity contribution in [2.24, 2.45) is 0 Å². The van der Waals surface area contributed by atoms with Gasteiger partial charge in [-0.1, -0.05) is 12.2 Å². The molecule has 0 aromatic heterocycles. The molecule has 1 aliphatic rings. The van der Waals surface area contributed by atoms with Gasteiger partial charge in [0.25, 0.3) is 0 Å². The molecule has 9 heteroatoms. The molecule has 0 saturated heterocycles. The van der Waals surface area contributed by atoms with Crippen LogP contribution in [-0.4, -0.2) is 64.6 Å². The van der Waals surface area contributed by atoms with E-state index in [4.69, 9.17) is 18.9 Å². The lowest BCUT2D eigenvalue weighted by atomic mass is 9.94. The van der Waals surface area contributed by atoms with Crippen LogP contribution >= 0.6 is 0 Å². The maximum Gasteiger partial charge on any atom is 0.207 e. The van der Waals surface area contributed by atoms with Crippen molar-refractivity contribution in [1.82, 2.24) is 5.32 Å². The van der Waals surface area contributed by atoms with Crippen LogP contribution in [0.3, 0.4) is 0 Å². The Kier molecular flexibility index (Phi) is 10.2. The number of fused-ring (bicyclic) bond motifs is 1. The number of nitrogens with one attached hydrogen (secondary N) is 1. The highest BCUT2D eigenvalue weighted by Gasteiger charge is 2.29. The molecular formula is C28H36N2O7. The van der Waals surface area contributed by atoms with E-state index in [0.717, 1.165) is 42.4 Å². The minimum Gasteiger partial charge on any atom is -0.493 e. The van der Waals surface area contributed by atoms with Crippen LogP contribution in [0.25, 0.3) is 0 Å². The molecule has 2 N–H and O–H groups in total. The number of unbranched alkanes of at least 4 members (excludes halogenated alkanes) is 2. The first-order valence-electron chi connectivity index (χ1n) is 12.3. The number of aliphatic hydroxyl groups excluding tert-OH is 1. The van der Waals surface area contributed by atoms with Gasteiger partial charge in [-0.15, -0.1) is 0 Å². The van der Waals surface area contributed by atoms with E-state index in [1.807, 2.05) is 12.1 Å². The van der Waals surface area contributed by atoms with Gasteiger partial charge in [0.2, 0.25) is 6.41 Å². The number of methoxy groups -OCH3 is 2. The fraction of sp³-hybridized carbons (Fsp3) is 0.429. The molecule has 9 nitrogen and oxygen atoms in total. The molecule has 0 fully saturated rings. The number of nitrogens with zero attached hydrogens (tertiary/aromatic N) is 1. The monoisotopic (exact) mass is 512 g/mol. The molecule has 37 heavy (non-hydrogen) atoms. The molecule has 0 radical (unpaired) electrons. The molecule has 2 atom stereocenters. The number of carbonyl (C=O) groups excluding carboxylic acids is 2. The quantitative estimate of drug-likeness (QED) is 0.239. The van der Waals surface area contributed by atoms with Crippen molar-refractivity contribution in [1.29, 1.82) is 0 Å². The van der Waals surface area contributed by atoms with E-state index in [0.29, 0.717) is 61.0 Å². The number of anilines is 1. The van der Waals surface area contributed by atoms with E-state index in [-0.39, 0.29) is 0 Å². The Morgan fingerprint density at radius 2 is 1.68 bits per heavy atom. The summed E-state index contributed by atoms with van der Waals surface area (Å²) in [7, 11) is 4.93. The van der Waals surface area contributed by atoms with E-state index >= 15 is 0 Å². The Hall–Kier alpha value is -3.72. The number of carbonyl (C=O) groups is 2. The number of rotatable bonds is 13. The third-order valence-electron chi connectivity index (χ3n) is 6.36. The molecule has 200 valence electrons. The maximum absolute atomic E-state index is 11.0. The Morgan fingerprint density at radius 3 is 2.32 bits per heavy atom. The summed E-state index contributed by atoms with van der Waals surface area (Å²) in [6.07, 6.45) is 4.05. The van der Waals surface area contributed by atoms with Gasteiger partial charge in [0.05, 0.1) is 33.5 Å². The highest BCUT2D eigenvalue weighted by atomic mass is 16.5. The van der Waals surface area contributed by atoms with Gasteiger partial charge in [-0.2, -0.15) is 0 Å². The summed E-state index contributed by atoms with van der Waals surface area (Å²) < 4.78 is 22.7. The van der Waals surface area contributed by atoms with Crippen molar-refractivity contribution in [3.05, 3.63) is 53.6 Å². The van der Waals surface area contributed by atoms with Crippen LogP contribution < -0.4 is 29.2 Å². The van der Waals surface area contributed by atoms with Gasteiger partial charge in [0.15, 0.2) is 23.0 Å². The second kappa shape index (κ2) is 13.5. The maximum atomic E-state index is 11.0. The molecule has 2 unspecified atom stereocenters. The molecule has 0 spiro atoms. The minimum absolute atomic E-state index is 0.459. The van der Waals surface area contributed by atoms with Gasteiger partial charge < -0.3 is 34.3 Å². The van der Waals surface area contributed by atoms with Crippen LogP contribution in [0.2, 0.25) is 0 Å². The van der Waals surface area contributed by atoms with E-state index in [2.05, 4.69) is 11.9 Å². The minimum atomic E-state index is -0.921. The van der Waals surface area contributed by atoms with Crippen LogP contribution in [0, 0.1) is 0 Å². The molecule has 2 aromatic carbocycles. The smallest absolute Gasteiger partial charge is 0.207 e. The summed E-state index contributed by atoms with van der Waals surface area (Å²) in [4.78, 5) is 23.7. The lowest BCUT2D eigenvalue weighted by Gasteiger charge is -2.36. The molecule has 1 amide bonds. The third-order valence-corrected chi connectivity index (χ3v) is 6.36. The zero-order valence-electron chi connectivity index (χ0n) is 21.7. The second-order valence-corrected chi connectivity index (χ2v) is 8.96. The van der Waals surface area contributed by atoms with Gasteiger partial charge in [-0.05, 0) is 61.9 Å². The molecule has 3 rings (SSSR count). The predicted molar refractivity (Wildman–Crippen MR) is 141 cm³/mol. The third kappa shape index (κ3) is 7.16. The molecule has 1 aliphatic heterocycles. The van der Waals surface area contributed by atoms with Crippen LogP contribution in [-0.2, 0) is 11.2 Å². The Bertz CT molecular complexity index is 1090. The number of aldehydes is 1. The highest BCUT2D eigenvalue weighted by Crippen LogP contribution is 2.38. The molecule has 0 aliphatic carbocycles. The molecule has 1 heterocycles. The largest absolute Gasteiger partial charge is 0.493 e. The summed E-state index contributed by atoms with van der Waals surface area (Å²) in [5, 5.41) is 13.5. The van der Waals surface area contributed by atoms with Crippen LogP contribution in [0.4, 0.5) is 5.69 Å². The molecular weight excluding hydrogens is 476 g/mol. The summed E-state index contributed by atoms with van der Waals surface area (Å²) in [5.74, 6) is 2.34. The number of benzene rings is 2. The SMILES string of the molecule is C=C1Cc2cc(OC)c(OCCCCCOc3ccc(C=O)cc3OC)cc2N(C)C(O)C(NC=O)C1. The van der Waals surface area contributed by atoms with Gasteiger partial charge >= 0.3 is 0 Å². The van der Waals surface area contributed by atoms with Crippen LogP contribution in [0.15, 0.2) is 42.5 Å². The first-order chi connectivity index (χ1) is 17.9. The van der Waals surface area contributed by atoms with Crippen molar-refractivity contribution >= 4 is 18.4 Å². The Labute approximate surface area is 218 Å². The van der Waals surface area contributed by atoms with Crippen molar-refractivity contribution in [3.63, 3.8) is 0 Å². The second-order valence-electron chi connectivity index (χ2n) is 8.96. The van der Waals surface area contributed by atoms with Crippen molar-refractivity contribution in [2.45, 2.75) is 44.4 Å². The normalized spacial score (nSPS) is 17.2. The van der Waals surface area contributed by atoms with E-state index in [1.54, 1.807) is 44.4 Å². The number of likely N-dealkylation sites (N-methyl/N-ethyl adjacent to an activating group) is 1. The van der Waals surface area contributed by atoms with Crippen molar-refractivity contribution in [3.8, 4) is 23.0 Å². The van der Waals surface area contributed by atoms with Gasteiger partial charge in [-0.25, -0.2) is 0 Å². The topological polar surface area (TPSA) is 107 Å². The zero-order chi connectivity index (χ0) is 26.8. The standard InChI is InChI=1S/C28H36N2O7/c1-19-12-21-15-26(35-4)27(16-23(21)30(2)28(33)22(13-19)29-18-32)37-11-7-5-6-10-36-24-9-8-20(17-31)14-25(24)34-3/h8-9,14-18,22,28,33H,1,5-7,10-13H2,2-4H3,(H,29,32). The average molecular weight is 513 g/mol. The van der Waals surface area contributed by atoms with Gasteiger partial charge in [0, 0.05) is 24.4 Å². The van der Waals surface area contributed by atoms with Crippen LogP contribution in [0.5, 0.6) is 23.0 Å². The first kappa shape index (κ1) is 27.9. The highest BCUT2D eigenvalue weighted by molar-refractivity contribution is 5.76. The van der Waals surface area contributed by atoms with Gasteiger partial charge in [-0.3, -0.25) is 9.59 Å². The molecule has 0 saturated carbocycles. The van der Waals surface area contributed by atoms with E-state index in [1.165, 1.54) is 0 Å². The number of amides is 1. The van der Waals surface area contributed by atoms with E-state index in [9.17, 15) is 14.7 Å².